The van der Waals surface area contributed by atoms with Gasteiger partial charge in [0.1, 0.15) is 0 Å². The van der Waals surface area contributed by atoms with E-state index in [4.69, 9.17) is 16.8 Å². The molecule has 0 rings (SSSR count). The molecule has 6 nitrogen and oxygen atoms in total. The average Bonchev–Trinajstić information content (AvgIpc) is 1.25. The van der Waals surface area contributed by atoms with Crippen LogP contribution in [0.2, 0.25) is 0 Å². The van der Waals surface area contributed by atoms with E-state index >= 15 is 0 Å². The molecule has 0 unspecified atom stereocenters. The van der Waals surface area contributed by atoms with Crippen molar-refractivity contribution in [3.05, 3.63) is 0 Å². The molecule has 0 aromatic carbocycles. The van der Waals surface area contributed by atoms with Crippen LogP contribution in [0.1, 0.15) is 0 Å². The normalized spacial score (nSPS) is 16.0. The Balaban J connectivity index is 4.53. The van der Waals surface area contributed by atoms with E-state index in [1.807, 2.05) is 0 Å². The van der Waals surface area contributed by atoms with Crippen LogP contribution in [0.25, 0.3) is 0 Å². The Bertz CT molecular complexity index is 157. The summed E-state index contributed by atoms with van der Waals surface area (Å²) in [7, 11) is -4.99. The Kier molecular flexibility index (Phi) is 2.03. The van der Waals surface area contributed by atoms with Gasteiger partial charge in [-0.3, -0.25) is 0 Å². The Morgan fingerprint density at radius 1 is 1.12 bits per heavy atom. The van der Waals surface area contributed by atoms with E-state index in [2.05, 4.69) is 0 Å². The first kappa shape index (κ1) is 8.35. The topological polar surface area (TPSA) is 115 Å². The molecule has 8 heteroatoms. The molecule has 0 radical (unpaired) electrons. The minimum absolute atomic E-state index is 4.99. The molecular weight excluding hydrogens is 203 g/mol. The molecule has 0 bridgehead atoms. The van der Waals surface area contributed by atoms with Crippen LogP contribution in [0.5, 0.6) is 0 Å². The van der Waals surface area contributed by atoms with Crippen molar-refractivity contribution in [2.75, 3.05) is 0 Å². The van der Waals surface area contributed by atoms with E-state index in [-0.39, 0.29) is 0 Å². The minimum atomic E-state index is -5.78. The molecule has 0 saturated heterocycles. The van der Waals surface area contributed by atoms with Gasteiger partial charge in [0, 0.05) is 0 Å². The third-order valence-corrected chi connectivity index (χ3v) is 5.39. The molecule has 0 aromatic rings. The molecule has 0 aliphatic rings. The van der Waals surface area contributed by atoms with Crippen LogP contribution >= 0.6 is 0 Å². The number of hydrogen-bond acceptors (Lipinski definition) is 5. The van der Waals surface area contributed by atoms with Crippen molar-refractivity contribution in [3.63, 3.8) is 0 Å². The molecule has 0 amide bonds. The molecule has 0 fully saturated rings. The van der Waals surface area contributed by atoms with Crippen molar-refractivity contribution in [1.29, 1.82) is 0 Å². The van der Waals surface area contributed by atoms with E-state index < -0.39 is 21.8 Å². The number of rotatable bonds is 1. The molecule has 0 aromatic heterocycles. The summed E-state index contributed by atoms with van der Waals surface area (Å²) < 4.78 is 50.2. The van der Waals surface area contributed by atoms with Crippen LogP contribution < -0.4 is 0 Å². The number of hydrogen-bond donors (Lipinski definition) is 4. The van der Waals surface area contributed by atoms with E-state index in [0.29, 0.717) is 0 Å². The molecule has 8 heavy (non-hydrogen) atoms. The standard InChI is InChI=1S/AsH5O6S/c2-1(3,4)8(5,6)7/h1-4H,(H,5,6,7). The van der Waals surface area contributed by atoms with Gasteiger partial charge < -0.3 is 0 Å². The summed E-state index contributed by atoms with van der Waals surface area (Å²) in [5, 5.41) is 0. The SMILES string of the molecule is O=S(=O)(O)[AsH](O)(O)O. The molecular formula is H5AsO6S. The van der Waals surface area contributed by atoms with Gasteiger partial charge in [-0.05, 0) is 0 Å². The van der Waals surface area contributed by atoms with E-state index in [0.717, 1.165) is 0 Å². The van der Waals surface area contributed by atoms with Gasteiger partial charge in [0.2, 0.25) is 0 Å². The summed E-state index contributed by atoms with van der Waals surface area (Å²) in [5.74, 6) is 0. The molecule has 0 spiro atoms. The van der Waals surface area contributed by atoms with Gasteiger partial charge in [-0.25, -0.2) is 0 Å². The van der Waals surface area contributed by atoms with Gasteiger partial charge in [-0.1, -0.05) is 0 Å². The van der Waals surface area contributed by atoms with Crippen molar-refractivity contribution in [1.82, 2.24) is 0 Å². The molecule has 0 atom stereocenters. The monoisotopic (exact) mass is 208 g/mol. The van der Waals surface area contributed by atoms with Gasteiger partial charge in [0.05, 0.1) is 0 Å². The van der Waals surface area contributed by atoms with Gasteiger partial charge >= 0.3 is 47.1 Å². The van der Waals surface area contributed by atoms with Crippen molar-refractivity contribution < 1.29 is 25.3 Å². The molecule has 0 aliphatic heterocycles. The van der Waals surface area contributed by atoms with E-state index in [9.17, 15) is 8.42 Å². The predicted octanol–water partition coefficient (Wildman–Crippen LogP) is -2.98. The second-order valence-corrected chi connectivity index (χ2v) is 10.5. The fraction of sp³-hybridized carbons (Fsp3) is 0. The molecule has 0 aliphatic carbocycles. The average molecular weight is 208 g/mol. The summed E-state index contributed by atoms with van der Waals surface area (Å²) in [4.78, 5) is 0. The fourth-order valence-electron chi connectivity index (χ4n) is 0. The molecule has 0 saturated carbocycles. The van der Waals surface area contributed by atoms with Crippen molar-refractivity contribution in [2.24, 2.45) is 0 Å². The Morgan fingerprint density at radius 2 is 1.25 bits per heavy atom. The van der Waals surface area contributed by atoms with Crippen molar-refractivity contribution in [3.8, 4) is 0 Å². The van der Waals surface area contributed by atoms with Crippen LogP contribution in [0.3, 0.4) is 0 Å². The van der Waals surface area contributed by atoms with Gasteiger partial charge in [-0.15, -0.1) is 0 Å². The fourth-order valence-corrected chi connectivity index (χ4v) is 0. The summed E-state index contributed by atoms with van der Waals surface area (Å²) in [6.45, 7) is 0. The second kappa shape index (κ2) is 1.94. The predicted molar refractivity (Wildman–Crippen MR) is 25.4 cm³/mol. The quantitative estimate of drug-likeness (QED) is 0.270. The Labute approximate surface area is 47.6 Å². The van der Waals surface area contributed by atoms with Crippen LogP contribution in [0.4, 0.5) is 0 Å². The maximum atomic E-state index is 9.54. The van der Waals surface area contributed by atoms with Crippen LogP contribution in [0, 0.1) is 0 Å². The first-order chi connectivity index (χ1) is 3.25. The third kappa shape index (κ3) is 2.08. The van der Waals surface area contributed by atoms with Gasteiger partial charge in [-0.2, -0.15) is 0 Å². The second-order valence-electron chi connectivity index (χ2n) is 1.05. The van der Waals surface area contributed by atoms with Crippen LogP contribution in [-0.2, 0) is 8.38 Å². The first-order valence-electron chi connectivity index (χ1n) is 1.39. The molecule has 0 heterocycles. The van der Waals surface area contributed by atoms with Crippen LogP contribution in [0.15, 0.2) is 0 Å². The van der Waals surface area contributed by atoms with E-state index in [1.165, 1.54) is 0 Å². The zero-order chi connectivity index (χ0) is 7.00. The van der Waals surface area contributed by atoms with Crippen molar-refractivity contribution in [2.45, 2.75) is 0 Å². The van der Waals surface area contributed by atoms with Crippen LogP contribution in [-0.4, -0.2) is 38.7 Å². The zero-order valence-electron chi connectivity index (χ0n) is 3.51. The summed E-state index contributed by atoms with van der Waals surface area (Å²) in [6, 6.07) is 0. The molecule has 4 N–H and O–H groups in total. The zero-order valence-corrected chi connectivity index (χ0v) is 6.43. The van der Waals surface area contributed by atoms with E-state index in [1.54, 1.807) is 0 Å². The molecule has 52 valence electrons. The summed E-state index contributed by atoms with van der Waals surface area (Å²) >= 11 is -5.78. The van der Waals surface area contributed by atoms with Gasteiger partial charge in [0.15, 0.2) is 0 Å². The van der Waals surface area contributed by atoms with Crippen molar-refractivity contribution >= 4 is 21.8 Å². The maximum absolute atomic E-state index is 9.54. The Hall–Kier alpha value is 0.348. The summed E-state index contributed by atoms with van der Waals surface area (Å²) in [5.41, 5.74) is 0. The summed E-state index contributed by atoms with van der Waals surface area (Å²) in [6.07, 6.45) is 0. The Morgan fingerprint density at radius 3 is 1.25 bits per heavy atom. The first-order valence-corrected chi connectivity index (χ1v) is 8.22. The van der Waals surface area contributed by atoms with Gasteiger partial charge in [0.25, 0.3) is 0 Å². The third-order valence-electron chi connectivity index (χ3n) is 0.346.